The molecule has 0 aliphatic carbocycles. The predicted octanol–water partition coefficient (Wildman–Crippen LogP) is 4.85. The average molecular weight is 332 g/mol. The number of hydrogen-bond donors (Lipinski definition) is 1. The highest BCUT2D eigenvalue weighted by Crippen LogP contribution is 2.33. The van der Waals surface area contributed by atoms with Crippen LogP contribution in [-0.2, 0) is 14.2 Å². The van der Waals surface area contributed by atoms with Crippen LogP contribution in [0.15, 0.2) is 0 Å². The van der Waals surface area contributed by atoms with Crippen LogP contribution in [0.4, 0.5) is 0 Å². The fraction of sp³-hybridized carbons (Fsp3) is 1.00. The van der Waals surface area contributed by atoms with Gasteiger partial charge in [0.2, 0.25) is 0 Å². The first-order valence-electron chi connectivity index (χ1n) is 9.73. The van der Waals surface area contributed by atoms with Crippen LogP contribution in [0.25, 0.3) is 0 Å². The third-order valence-corrected chi connectivity index (χ3v) is 4.10. The lowest BCUT2D eigenvalue weighted by Gasteiger charge is -2.39. The van der Waals surface area contributed by atoms with Crippen molar-refractivity contribution in [1.29, 1.82) is 0 Å². The Morgan fingerprint density at radius 3 is 1.70 bits per heavy atom. The van der Waals surface area contributed by atoms with Crippen molar-refractivity contribution in [1.82, 2.24) is 0 Å². The zero-order valence-electron chi connectivity index (χ0n) is 16.2. The quantitative estimate of drug-likeness (QED) is 0.324. The van der Waals surface area contributed by atoms with Crippen molar-refractivity contribution in [3.63, 3.8) is 0 Å². The van der Waals surface area contributed by atoms with Crippen molar-refractivity contribution in [3.05, 3.63) is 0 Å². The SMILES string of the molecule is CCCCCCCCC(CC(C)N)C(OCC)(OCC)OCC. The molecular formula is C19H41NO3. The van der Waals surface area contributed by atoms with E-state index in [1.165, 1.54) is 38.5 Å². The van der Waals surface area contributed by atoms with Crippen molar-refractivity contribution < 1.29 is 14.2 Å². The lowest BCUT2D eigenvalue weighted by atomic mass is 9.91. The van der Waals surface area contributed by atoms with Gasteiger partial charge < -0.3 is 19.9 Å². The van der Waals surface area contributed by atoms with Crippen LogP contribution in [-0.4, -0.2) is 31.8 Å². The van der Waals surface area contributed by atoms with Crippen molar-refractivity contribution in [2.24, 2.45) is 11.7 Å². The summed E-state index contributed by atoms with van der Waals surface area (Å²) in [6, 6.07) is 0.112. The van der Waals surface area contributed by atoms with Gasteiger partial charge in [0, 0.05) is 31.8 Å². The molecule has 2 N–H and O–H groups in total. The summed E-state index contributed by atoms with van der Waals surface area (Å²) < 4.78 is 17.9. The van der Waals surface area contributed by atoms with Crippen molar-refractivity contribution in [2.75, 3.05) is 19.8 Å². The molecule has 4 nitrogen and oxygen atoms in total. The monoisotopic (exact) mass is 331 g/mol. The maximum atomic E-state index is 6.08. The molecule has 0 bridgehead atoms. The molecule has 23 heavy (non-hydrogen) atoms. The van der Waals surface area contributed by atoms with Gasteiger partial charge in [-0.1, -0.05) is 45.4 Å². The first kappa shape index (κ1) is 22.8. The molecule has 0 aromatic carbocycles. The van der Waals surface area contributed by atoms with E-state index in [9.17, 15) is 0 Å². The van der Waals surface area contributed by atoms with E-state index in [1.807, 2.05) is 27.7 Å². The van der Waals surface area contributed by atoms with Crippen LogP contribution in [0.2, 0.25) is 0 Å². The standard InChI is InChI=1S/C19H41NO3/c1-6-10-11-12-13-14-15-18(16-17(5)20)19(21-7-2,22-8-3)23-9-4/h17-18H,6-16,20H2,1-5H3. The minimum absolute atomic E-state index is 0.112. The third kappa shape index (κ3) is 9.65. The van der Waals surface area contributed by atoms with E-state index in [0.29, 0.717) is 19.8 Å². The van der Waals surface area contributed by atoms with E-state index in [2.05, 4.69) is 6.92 Å². The molecule has 0 heterocycles. The van der Waals surface area contributed by atoms with Gasteiger partial charge in [0.15, 0.2) is 0 Å². The Kier molecular flexibility index (Phi) is 14.1. The molecule has 4 heteroatoms. The Morgan fingerprint density at radius 2 is 1.26 bits per heavy atom. The number of rotatable bonds is 16. The van der Waals surface area contributed by atoms with Crippen molar-refractivity contribution >= 4 is 0 Å². The molecule has 0 radical (unpaired) electrons. The van der Waals surface area contributed by atoms with Gasteiger partial charge in [0.1, 0.15) is 0 Å². The fourth-order valence-corrected chi connectivity index (χ4v) is 3.14. The Morgan fingerprint density at radius 1 is 0.783 bits per heavy atom. The molecule has 0 amide bonds. The highest BCUT2D eigenvalue weighted by Gasteiger charge is 2.41. The van der Waals surface area contributed by atoms with Crippen LogP contribution < -0.4 is 5.73 Å². The summed E-state index contributed by atoms with van der Waals surface area (Å²) in [6.07, 6.45) is 9.60. The van der Waals surface area contributed by atoms with Gasteiger partial charge in [-0.2, -0.15) is 0 Å². The van der Waals surface area contributed by atoms with Crippen LogP contribution in [0.3, 0.4) is 0 Å². The first-order chi connectivity index (χ1) is 11.1. The summed E-state index contributed by atoms with van der Waals surface area (Å²) >= 11 is 0. The number of unbranched alkanes of at least 4 members (excludes halogenated alkanes) is 5. The topological polar surface area (TPSA) is 53.7 Å². The highest BCUT2D eigenvalue weighted by molar-refractivity contribution is 4.76. The Labute approximate surface area is 144 Å². The molecule has 0 fully saturated rings. The zero-order chi connectivity index (χ0) is 17.6. The molecule has 0 spiro atoms. The summed E-state index contributed by atoms with van der Waals surface area (Å²) in [6.45, 7) is 12.0. The van der Waals surface area contributed by atoms with Gasteiger partial charge >= 0.3 is 0 Å². The number of nitrogens with two attached hydrogens (primary N) is 1. The molecule has 0 saturated carbocycles. The number of hydrogen-bond acceptors (Lipinski definition) is 4. The molecule has 0 aliphatic rings. The molecule has 0 saturated heterocycles. The van der Waals surface area contributed by atoms with E-state index < -0.39 is 5.97 Å². The molecule has 140 valence electrons. The maximum Gasteiger partial charge on any atom is 0.285 e. The van der Waals surface area contributed by atoms with E-state index in [1.54, 1.807) is 0 Å². The predicted molar refractivity (Wildman–Crippen MR) is 97.4 cm³/mol. The molecule has 0 rings (SSSR count). The summed E-state index contributed by atoms with van der Waals surface area (Å²) in [5.41, 5.74) is 6.08. The molecular weight excluding hydrogens is 290 g/mol. The average Bonchev–Trinajstić information content (AvgIpc) is 2.50. The molecule has 0 aromatic heterocycles. The molecule has 2 unspecified atom stereocenters. The fourth-order valence-electron chi connectivity index (χ4n) is 3.14. The Hall–Kier alpha value is -0.160. The largest absolute Gasteiger partial charge is 0.328 e. The second kappa shape index (κ2) is 14.2. The molecule has 0 aromatic rings. The Balaban J connectivity index is 4.76. The van der Waals surface area contributed by atoms with Gasteiger partial charge in [-0.25, -0.2) is 0 Å². The van der Waals surface area contributed by atoms with Crippen molar-refractivity contribution in [3.8, 4) is 0 Å². The lowest BCUT2D eigenvalue weighted by molar-refractivity contribution is -0.403. The Bertz CT molecular complexity index is 242. The van der Waals surface area contributed by atoms with Gasteiger partial charge in [-0.3, -0.25) is 0 Å². The van der Waals surface area contributed by atoms with Crippen LogP contribution in [0.1, 0.15) is 86.0 Å². The normalized spacial score (nSPS) is 14.9. The smallest absolute Gasteiger partial charge is 0.285 e. The second-order valence-electron chi connectivity index (χ2n) is 6.37. The maximum absolute atomic E-state index is 6.08. The van der Waals surface area contributed by atoms with Gasteiger partial charge in [-0.05, 0) is 40.5 Å². The van der Waals surface area contributed by atoms with Gasteiger partial charge in [-0.15, -0.1) is 0 Å². The van der Waals surface area contributed by atoms with Gasteiger partial charge in [0.25, 0.3) is 5.97 Å². The first-order valence-corrected chi connectivity index (χ1v) is 9.73. The van der Waals surface area contributed by atoms with Crippen molar-refractivity contribution in [2.45, 2.75) is 98.0 Å². The van der Waals surface area contributed by atoms with E-state index in [-0.39, 0.29) is 12.0 Å². The minimum Gasteiger partial charge on any atom is -0.328 e. The van der Waals surface area contributed by atoms with Crippen LogP contribution >= 0.6 is 0 Å². The molecule has 2 atom stereocenters. The second-order valence-corrected chi connectivity index (χ2v) is 6.37. The zero-order valence-corrected chi connectivity index (χ0v) is 16.2. The van der Waals surface area contributed by atoms with E-state index in [4.69, 9.17) is 19.9 Å². The summed E-state index contributed by atoms with van der Waals surface area (Å²) in [7, 11) is 0. The van der Waals surface area contributed by atoms with E-state index in [0.717, 1.165) is 12.8 Å². The summed E-state index contributed by atoms with van der Waals surface area (Å²) in [5, 5.41) is 0. The highest BCUT2D eigenvalue weighted by atomic mass is 16.9. The van der Waals surface area contributed by atoms with Crippen LogP contribution in [0.5, 0.6) is 0 Å². The van der Waals surface area contributed by atoms with Gasteiger partial charge in [0.05, 0.1) is 0 Å². The van der Waals surface area contributed by atoms with Crippen LogP contribution in [0, 0.1) is 5.92 Å². The summed E-state index contributed by atoms with van der Waals surface area (Å²) in [4.78, 5) is 0. The summed E-state index contributed by atoms with van der Waals surface area (Å²) in [5.74, 6) is -0.761. The lowest BCUT2D eigenvalue weighted by Crippen LogP contribution is -2.48. The third-order valence-electron chi connectivity index (χ3n) is 4.10. The number of ether oxygens (including phenoxy) is 3. The molecule has 0 aliphatic heterocycles. The minimum atomic E-state index is -0.935. The van der Waals surface area contributed by atoms with E-state index >= 15 is 0 Å².